The highest BCUT2D eigenvalue weighted by atomic mass is 15.1. The molecule has 0 heterocycles. The van der Waals surface area contributed by atoms with Crippen LogP contribution < -0.4 is 10.6 Å². The van der Waals surface area contributed by atoms with Crippen LogP contribution in [0.2, 0.25) is 0 Å². The van der Waals surface area contributed by atoms with Gasteiger partial charge in [-0.1, -0.05) is 19.9 Å². The average molecular weight is 374 g/mol. The fourth-order valence-corrected chi connectivity index (χ4v) is 3.09. The Balaban J connectivity index is 1.91. The van der Waals surface area contributed by atoms with Gasteiger partial charge in [0.1, 0.15) is 5.82 Å². The molecule has 0 aliphatic heterocycles. The van der Waals surface area contributed by atoms with E-state index >= 15 is 0 Å². The highest BCUT2D eigenvalue weighted by Gasteiger charge is 2.06. The van der Waals surface area contributed by atoms with Gasteiger partial charge in [-0.15, -0.1) is 0 Å². The second kappa shape index (κ2) is 11.2. The number of hydrogen-bond donors (Lipinski definition) is 2. The van der Waals surface area contributed by atoms with Gasteiger partial charge in [0.15, 0.2) is 0 Å². The standard InChI is InChI=1S/C24H29N4/c1-5-14-28(15-6-2)16-13-22-9-12-24(17-19(22)3)27-20(4)26-23-10-7-21(18-25)8-11-23/h4,7-12,17,26-27H,1-2,5-6,13-16H2,3H3. The summed E-state index contributed by atoms with van der Waals surface area (Å²) in [4.78, 5) is 2.42. The van der Waals surface area contributed by atoms with Gasteiger partial charge in [0.25, 0.3) is 0 Å². The van der Waals surface area contributed by atoms with Crippen LogP contribution in [-0.4, -0.2) is 24.5 Å². The maximum atomic E-state index is 8.85. The minimum absolute atomic E-state index is 0.439. The van der Waals surface area contributed by atoms with Crippen molar-refractivity contribution in [3.63, 3.8) is 0 Å². The summed E-state index contributed by atoms with van der Waals surface area (Å²) in [5.74, 6) is 0.439. The van der Waals surface area contributed by atoms with E-state index in [1.807, 2.05) is 18.2 Å². The van der Waals surface area contributed by atoms with Crippen LogP contribution in [0.5, 0.6) is 0 Å². The van der Waals surface area contributed by atoms with Crippen LogP contribution in [0.15, 0.2) is 48.3 Å². The fourth-order valence-electron chi connectivity index (χ4n) is 3.09. The summed E-state index contributed by atoms with van der Waals surface area (Å²) in [7, 11) is 0. The minimum atomic E-state index is 0.439. The molecular weight excluding hydrogens is 344 g/mol. The van der Waals surface area contributed by atoms with Gasteiger partial charge in [0.2, 0.25) is 0 Å². The second-order valence-corrected chi connectivity index (χ2v) is 6.79. The topological polar surface area (TPSA) is 51.1 Å². The molecule has 4 nitrogen and oxygen atoms in total. The van der Waals surface area contributed by atoms with Gasteiger partial charge in [-0.25, -0.2) is 0 Å². The molecule has 28 heavy (non-hydrogen) atoms. The molecular formula is C24H29N4. The number of aryl methyl sites for hydroxylation is 1. The lowest BCUT2D eigenvalue weighted by Gasteiger charge is -2.21. The molecule has 0 amide bonds. The summed E-state index contributed by atoms with van der Waals surface area (Å²) < 4.78 is 0. The Morgan fingerprint density at radius 2 is 1.61 bits per heavy atom. The van der Waals surface area contributed by atoms with Crippen LogP contribution in [0.1, 0.15) is 29.5 Å². The summed E-state index contributed by atoms with van der Waals surface area (Å²) in [5, 5.41) is 15.1. The highest BCUT2D eigenvalue weighted by molar-refractivity contribution is 5.57. The molecule has 0 unspecified atom stereocenters. The maximum absolute atomic E-state index is 8.85. The second-order valence-electron chi connectivity index (χ2n) is 6.79. The van der Waals surface area contributed by atoms with E-state index in [0.717, 1.165) is 50.3 Å². The van der Waals surface area contributed by atoms with Crippen molar-refractivity contribution < 1.29 is 0 Å². The average Bonchev–Trinajstić information content (AvgIpc) is 2.68. The first-order valence-corrected chi connectivity index (χ1v) is 9.62. The van der Waals surface area contributed by atoms with Crippen LogP contribution in [0, 0.1) is 38.7 Å². The van der Waals surface area contributed by atoms with E-state index in [2.05, 4.69) is 54.5 Å². The first-order chi connectivity index (χ1) is 13.5. The Hall–Kier alpha value is -2.77. The van der Waals surface area contributed by atoms with Crippen molar-refractivity contribution >= 4 is 11.4 Å². The maximum Gasteiger partial charge on any atom is 0.108 e. The van der Waals surface area contributed by atoms with Crippen LogP contribution >= 0.6 is 0 Å². The molecule has 3 radical (unpaired) electrons. The van der Waals surface area contributed by atoms with Crippen molar-refractivity contribution in [1.29, 1.82) is 5.26 Å². The Morgan fingerprint density at radius 1 is 1.00 bits per heavy atom. The SMILES string of the molecule is [CH]=C(Nc1ccc(C#N)cc1)Nc1ccc(CCN(CC[CH2])CC[CH2])c(C)c1. The lowest BCUT2D eigenvalue weighted by atomic mass is 10.0. The van der Waals surface area contributed by atoms with Crippen LogP contribution in [-0.2, 0) is 6.42 Å². The molecule has 0 saturated carbocycles. The molecule has 0 aliphatic carbocycles. The molecule has 145 valence electrons. The zero-order valence-electron chi connectivity index (χ0n) is 16.7. The number of nitriles is 1. The van der Waals surface area contributed by atoms with Crippen molar-refractivity contribution in [3.8, 4) is 6.07 Å². The zero-order valence-corrected chi connectivity index (χ0v) is 16.7. The fraction of sp³-hybridized carbons (Fsp3) is 0.292. The molecule has 0 spiro atoms. The first-order valence-electron chi connectivity index (χ1n) is 9.62. The molecule has 0 bridgehead atoms. The quantitative estimate of drug-likeness (QED) is 0.585. The molecule has 4 heteroatoms. The Labute approximate surface area is 169 Å². The van der Waals surface area contributed by atoms with Crippen molar-refractivity contribution in [3.05, 3.63) is 85.4 Å². The number of rotatable bonds is 11. The van der Waals surface area contributed by atoms with E-state index in [1.165, 1.54) is 11.1 Å². The van der Waals surface area contributed by atoms with E-state index in [0.29, 0.717) is 11.4 Å². The predicted octanol–water partition coefficient (Wildman–Crippen LogP) is 4.96. The summed E-state index contributed by atoms with van der Waals surface area (Å²) in [6.45, 7) is 19.2. The monoisotopic (exact) mass is 373 g/mol. The van der Waals surface area contributed by atoms with E-state index in [-0.39, 0.29) is 0 Å². The number of anilines is 2. The van der Waals surface area contributed by atoms with Crippen molar-refractivity contribution in [2.45, 2.75) is 26.2 Å². The van der Waals surface area contributed by atoms with Gasteiger partial charge in [-0.2, -0.15) is 5.26 Å². The summed E-state index contributed by atoms with van der Waals surface area (Å²) >= 11 is 0. The largest absolute Gasteiger partial charge is 0.342 e. The van der Waals surface area contributed by atoms with E-state index in [4.69, 9.17) is 11.8 Å². The molecule has 2 N–H and O–H groups in total. The summed E-state index contributed by atoms with van der Waals surface area (Å²) in [5.41, 5.74) is 4.95. The smallest absolute Gasteiger partial charge is 0.108 e. The minimum Gasteiger partial charge on any atom is -0.342 e. The molecule has 0 aromatic heterocycles. The zero-order chi connectivity index (χ0) is 20.4. The molecule has 2 aromatic rings. The third-order valence-corrected chi connectivity index (χ3v) is 4.56. The van der Waals surface area contributed by atoms with Crippen LogP contribution in [0.4, 0.5) is 11.4 Å². The normalized spacial score (nSPS) is 10.5. The molecule has 0 fully saturated rings. The Kier molecular flexibility index (Phi) is 8.58. The highest BCUT2D eigenvalue weighted by Crippen LogP contribution is 2.18. The van der Waals surface area contributed by atoms with Crippen molar-refractivity contribution in [2.75, 3.05) is 30.3 Å². The number of hydrogen-bond acceptors (Lipinski definition) is 4. The van der Waals surface area contributed by atoms with E-state index < -0.39 is 0 Å². The summed E-state index contributed by atoms with van der Waals surface area (Å²) in [6, 6.07) is 15.6. The third-order valence-electron chi connectivity index (χ3n) is 4.56. The van der Waals surface area contributed by atoms with Crippen LogP contribution in [0.25, 0.3) is 0 Å². The molecule has 0 saturated heterocycles. The number of nitrogens with zero attached hydrogens (tertiary/aromatic N) is 2. The van der Waals surface area contributed by atoms with Gasteiger partial charge in [0.05, 0.1) is 11.6 Å². The molecule has 0 aliphatic rings. The first kappa shape index (κ1) is 21.5. The van der Waals surface area contributed by atoms with Gasteiger partial charge in [-0.3, -0.25) is 0 Å². The third kappa shape index (κ3) is 6.75. The molecule has 2 aromatic carbocycles. The Morgan fingerprint density at radius 3 is 2.18 bits per heavy atom. The van der Waals surface area contributed by atoms with E-state index in [9.17, 15) is 0 Å². The lowest BCUT2D eigenvalue weighted by Crippen LogP contribution is -2.28. The molecule has 2 rings (SSSR count). The van der Waals surface area contributed by atoms with Crippen molar-refractivity contribution in [1.82, 2.24) is 4.90 Å². The van der Waals surface area contributed by atoms with Gasteiger partial charge in [-0.05, 0) is 93.4 Å². The van der Waals surface area contributed by atoms with Crippen molar-refractivity contribution in [2.24, 2.45) is 0 Å². The molecule has 0 atom stereocenters. The summed E-state index contributed by atoms with van der Waals surface area (Å²) in [6.07, 6.45) is 2.85. The number of benzene rings is 2. The lowest BCUT2D eigenvalue weighted by molar-refractivity contribution is 0.287. The van der Waals surface area contributed by atoms with Crippen LogP contribution in [0.3, 0.4) is 0 Å². The van der Waals surface area contributed by atoms with E-state index in [1.54, 1.807) is 12.1 Å². The van der Waals surface area contributed by atoms with Gasteiger partial charge in [0, 0.05) is 17.9 Å². The number of nitrogens with one attached hydrogen (secondary N) is 2. The Bertz CT molecular complexity index is 796. The predicted molar refractivity (Wildman–Crippen MR) is 117 cm³/mol. The van der Waals surface area contributed by atoms with Gasteiger partial charge < -0.3 is 15.5 Å². The van der Waals surface area contributed by atoms with Gasteiger partial charge >= 0.3 is 0 Å².